The van der Waals surface area contributed by atoms with Gasteiger partial charge in [0.05, 0.1) is 4.90 Å². The molecule has 0 bridgehead atoms. The van der Waals surface area contributed by atoms with Gasteiger partial charge in [0.2, 0.25) is 10.0 Å². The highest BCUT2D eigenvalue weighted by Gasteiger charge is 2.39. The van der Waals surface area contributed by atoms with Gasteiger partial charge in [0, 0.05) is 6.54 Å². The third kappa shape index (κ3) is 3.10. The van der Waals surface area contributed by atoms with Gasteiger partial charge in [-0.2, -0.15) is 4.31 Å². The molecule has 23 heavy (non-hydrogen) atoms. The fourth-order valence-corrected chi connectivity index (χ4v) is 4.25. The Labute approximate surface area is 134 Å². The molecule has 2 heterocycles. The molecule has 1 aliphatic rings. The SMILES string of the molecule is Cc1ccc(S(=O)(=O)N2CCC[C@@H]2C(=O)Nn2cnnc2)cc1. The van der Waals surface area contributed by atoms with Gasteiger partial charge in [-0.05, 0) is 31.9 Å². The maximum Gasteiger partial charge on any atom is 0.257 e. The van der Waals surface area contributed by atoms with Gasteiger partial charge in [-0.3, -0.25) is 10.2 Å². The van der Waals surface area contributed by atoms with Crippen molar-refractivity contribution in [2.45, 2.75) is 30.7 Å². The van der Waals surface area contributed by atoms with E-state index in [9.17, 15) is 13.2 Å². The predicted octanol–water partition coefficient (Wildman–Crippen LogP) is 0.510. The van der Waals surface area contributed by atoms with E-state index >= 15 is 0 Å². The zero-order valence-electron chi connectivity index (χ0n) is 12.6. The molecule has 9 heteroatoms. The Bertz CT molecular complexity index is 786. The van der Waals surface area contributed by atoms with Gasteiger partial charge in [-0.15, -0.1) is 10.2 Å². The molecule has 2 aromatic rings. The molecule has 1 amide bonds. The minimum absolute atomic E-state index is 0.201. The molecule has 1 aromatic carbocycles. The average Bonchev–Trinajstić information content (AvgIpc) is 3.19. The highest BCUT2D eigenvalue weighted by Crippen LogP contribution is 2.26. The number of carbonyl (C=O) groups is 1. The Kier molecular flexibility index (Phi) is 4.14. The second-order valence-corrected chi connectivity index (χ2v) is 7.32. The first-order valence-electron chi connectivity index (χ1n) is 7.22. The molecule has 0 saturated carbocycles. The molecule has 0 unspecified atom stereocenters. The van der Waals surface area contributed by atoms with E-state index in [1.807, 2.05) is 6.92 Å². The highest BCUT2D eigenvalue weighted by atomic mass is 32.2. The zero-order chi connectivity index (χ0) is 16.4. The summed E-state index contributed by atoms with van der Waals surface area (Å²) in [6, 6.07) is 5.89. The van der Waals surface area contributed by atoms with E-state index < -0.39 is 22.0 Å². The maximum atomic E-state index is 12.8. The lowest BCUT2D eigenvalue weighted by molar-refractivity contribution is -0.120. The number of aryl methyl sites for hydroxylation is 1. The lowest BCUT2D eigenvalue weighted by Crippen LogP contribution is -2.44. The largest absolute Gasteiger partial charge is 0.271 e. The van der Waals surface area contributed by atoms with Gasteiger partial charge in [0.25, 0.3) is 5.91 Å². The van der Waals surface area contributed by atoms with Crippen molar-refractivity contribution in [2.75, 3.05) is 12.0 Å². The first-order valence-corrected chi connectivity index (χ1v) is 8.66. The standard InChI is InChI=1S/C14H17N5O3S/c1-11-4-6-12(7-5-11)23(21,22)19-8-2-3-13(19)14(20)17-18-9-15-16-10-18/h4-7,9-10,13H,2-3,8H2,1H3,(H,17,20)/t13-/m1/s1. The number of hydrogen-bond acceptors (Lipinski definition) is 5. The zero-order valence-corrected chi connectivity index (χ0v) is 13.4. The Hall–Kier alpha value is -2.26. The second-order valence-electron chi connectivity index (χ2n) is 5.43. The summed E-state index contributed by atoms with van der Waals surface area (Å²) in [4.78, 5) is 12.6. The van der Waals surface area contributed by atoms with Gasteiger partial charge in [-0.25, -0.2) is 13.1 Å². The van der Waals surface area contributed by atoms with Gasteiger partial charge in [0.1, 0.15) is 18.7 Å². The van der Waals surface area contributed by atoms with E-state index in [0.29, 0.717) is 19.4 Å². The molecule has 1 saturated heterocycles. The number of nitrogens with one attached hydrogen (secondary N) is 1. The topological polar surface area (TPSA) is 97.2 Å². The summed E-state index contributed by atoms with van der Waals surface area (Å²) in [5.41, 5.74) is 3.55. The van der Waals surface area contributed by atoms with Crippen molar-refractivity contribution < 1.29 is 13.2 Å². The Morgan fingerprint density at radius 3 is 2.52 bits per heavy atom. The average molecular weight is 335 g/mol. The highest BCUT2D eigenvalue weighted by molar-refractivity contribution is 7.89. The van der Waals surface area contributed by atoms with E-state index in [2.05, 4.69) is 15.6 Å². The van der Waals surface area contributed by atoms with Crippen LogP contribution < -0.4 is 5.43 Å². The molecule has 0 radical (unpaired) electrons. The van der Waals surface area contributed by atoms with Crippen molar-refractivity contribution in [1.82, 2.24) is 19.2 Å². The number of sulfonamides is 1. The van der Waals surface area contributed by atoms with Crippen LogP contribution in [0.1, 0.15) is 18.4 Å². The normalized spacial score (nSPS) is 18.9. The van der Waals surface area contributed by atoms with E-state index in [0.717, 1.165) is 5.56 Å². The Balaban J connectivity index is 1.83. The monoisotopic (exact) mass is 335 g/mol. The first-order chi connectivity index (χ1) is 11.0. The van der Waals surface area contributed by atoms with Crippen molar-refractivity contribution >= 4 is 15.9 Å². The van der Waals surface area contributed by atoms with E-state index in [1.165, 1.54) is 21.6 Å². The second kappa shape index (κ2) is 6.09. The quantitative estimate of drug-likeness (QED) is 0.878. The van der Waals surface area contributed by atoms with Crippen molar-refractivity contribution in [2.24, 2.45) is 0 Å². The number of carbonyl (C=O) groups excluding carboxylic acids is 1. The van der Waals surface area contributed by atoms with Crippen molar-refractivity contribution in [3.05, 3.63) is 42.5 Å². The van der Waals surface area contributed by atoms with Gasteiger partial charge < -0.3 is 0 Å². The number of amides is 1. The summed E-state index contributed by atoms with van der Waals surface area (Å²) in [7, 11) is -3.70. The lowest BCUT2D eigenvalue weighted by atomic mass is 10.2. The van der Waals surface area contributed by atoms with Crippen LogP contribution >= 0.6 is 0 Å². The van der Waals surface area contributed by atoms with Crippen LogP contribution in [0.4, 0.5) is 0 Å². The van der Waals surface area contributed by atoms with Gasteiger partial charge >= 0.3 is 0 Å². The summed E-state index contributed by atoms with van der Waals surface area (Å²) < 4.78 is 28.1. The van der Waals surface area contributed by atoms with E-state index in [-0.39, 0.29) is 4.90 Å². The summed E-state index contributed by atoms with van der Waals surface area (Å²) in [5, 5.41) is 7.18. The van der Waals surface area contributed by atoms with Crippen LogP contribution in [0.25, 0.3) is 0 Å². The van der Waals surface area contributed by atoms with Crippen molar-refractivity contribution in [1.29, 1.82) is 0 Å². The summed E-state index contributed by atoms with van der Waals surface area (Å²) in [6.07, 6.45) is 3.81. The van der Waals surface area contributed by atoms with Crippen LogP contribution in [-0.4, -0.2) is 46.1 Å². The Morgan fingerprint density at radius 2 is 1.87 bits per heavy atom. The molecular formula is C14H17N5O3S. The van der Waals surface area contributed by atoms with E-state index in [1.54, 1.807) is 24.3 Å². The van der Waals surface area contributed by atoms with Crippen LogP contribution in [0.5, 0.6) is 0 Å². The van der Waals surface area contributed by atoms with Crippen LogP contribution in [0.15, 0.2) is 41.8 Å². The maximum absolute atomic E-state index is 12.8. The molecule has 1 atom stereocenters. The lowest BCUT2D eigenvalue weighted by Gasteiger charge is -2.23. The molecular weight excluding hydrogens is 318 g/mol. The summed E-state index contributed by atoms with van der Waals surface area (Å²) in [6.45, 7) is 2.22. The van der Waals surface area contributed by atoms with Gasteiger partial charge in [0.15, 0.2) is 0 Å². The van der Waals surface area contributed by atoms with Crippen molar-refractivity contribution in [3.8, 4) is 0 Å². The van der Waals surface area contributed by atoms with E-state index in [4.69, 9.17) is 0 Å². The fraction of sp³-hybridized carbons (Fsp3) is 0.357. The van der Waals surface area contributed by atoms with Crippen LogP contribution in [0.2, 0.25) is 0 Å². The number of nitrogens with zero attached hydrogens (tertiary/aromatic N) is 4. The fourth-order valence-electron chi connectivity index (χ4n) is 2.60. The molecule has 8 nitrogen and oxygen atoms in total. The molecule has 3 rings (SSSR count). The number of benzene rings is 1. The number of aromatic nitrogens is 3. The first kappa shape index (κ1) is 15.6. The van der Waals surface area contributed by atoms with Crippen LogP contribution in [-0.2, 0) is 14.8 Å². The van der Waals surface area contributed by atoms with Crippen LogP contribution in [0, 0.1) is 6.92 Å². The third-order valence-electron chi connectivity index (χ3n) is 3.79. The summed E-state index contributed by atoms with van der Waals surface area (Å²) in [5.74, 6) is -0.391. The minimum atomic E-state index is -3.70. The Morgan fingerprint density at radius 1 is 1.22 bits per heavy atom. The molecule has 122 valence electrons. The number of hydrogen-bond donors (Lipinski definition) is 1. The molecule has 1 aromatic heterocycles. The minimum Gasteiger partial charge on any atom is -0.271 e. The summed E-state index contributed by atoms with van der Waals surface area (Å²) >= 11 is 0. The molecule has 1 N–H and O–H groups in total. The molecule has 1 fully saturated rings. The number of rotatable bonds is 4. The molecule has 1 aliphatic heterocycles. The predicted molar refractivity (Wildman–Crippen MR) is 82.5 cm³/mol. The molecule has 0 spiro atoms. The van der Waals surface area contributed by atoms with Crippen LogP contribution in [0.3, 0.4) is 0 Å². The molecule has 0 aliphatic carbocycles. The third-order valence-corrected chi connectivity index (χ3v) is 5.71. The van der Waals surface area contributed by atoms with Gasteiger partial charge in [-0.1, -0.05) is 17.7 Å². The van der Waals surface area contributed by atoms with Crippen molar-refractivity contribution in [3.63, 3.8) is 0 Å². The smallest absolute Gasteiger partial charge is 0.257 e.